The van der Waals surface area contributed by atoms with E-state index in [2.05, 4.69) is 0 Å². The van der Waals surface area contributed by atoms with Crippen LogP contribution in [0.2, 0.25) is 0 Å². The highest BCUT2D eigenvalue weighted by Crippen LogP contribution is 1.88. The summed E-state index contributed by atoms with van der Waals surface area (Å²) in [6.45, 7) is 3.46. The minimum atomic E-state index is -2.77. The standard InChI is InChI=1S/C6H12O2S/c1-3-5-6-9(7,8)4-2/h3,5H,4,6H2,1-2H3/b5-3+. The molecule has 9 heavy (non-hydrogen) atoms. The van der Waals surface area contributed by atoms with Crippen LogP contribution in [0.15, 0.2) is 12.2 Å². The van der Waals surface area contributed by atoms with Crippen LogP contribution in [0.25, 0.3) is 0 Å². The smallest absolute Gasteiger partial charge is 0.153 e. The fraction of sp³-hybridized carbons (Fsp3) is 0.667. The van der Waals surface area contributed by atoms with E-state index in [1.807, 2.05) is 6.92 Å². The molecule has 0 atom stereocenters. The van der Waals surface area contributed by atoms with E-state index >= 15 is 0 Å². The zero-order valence-corrected chi connectivity index (χ0v) is 6.61. The second kappa shape index (κ2) is 3.67. The van der Waals surface area contributed by atoms with Gasteiger partial charge in [-0.25, -0.2) is 8.42 Å². The van der Waals surface area contributed by atoms with Crippen molar-refractivity contribution < 1.29 is 8.42 Å². The summed E-state index contributed by atoms with van der Waals surface area (Å²) in [7, 11) is -2.77. The molecule has 3 heteroatoms. The maximum atomic E-state index is 10.7. The van der Waals surface area contributed by atoms with E-state index in [1.165, 1.54) is 0 Å². The summed E-state index contributed by atoms with van der Waals surface area (Å²) in [6, 6.07) is 0. The highest BCUT2D eigenvalue weighted by molar-refractivity contribution is 7.91. The van der Waals surface area contributed by atoms with Crippen LogP contribution in [0.5, 0.6) is 0 Å². The van der Waals surface area contributed by atoms with Crippen molar-refractivity contribution in [2.75, 3.05) is 11.5 Å². The number of sulfone groups is 1. The Morgan fingerprint density at radius 2 is 2.00 bits per heavy atom. The molecule has 0 unspecified atom stereocenters. The Labute approximate surface area is 56.5 Å². The summed E-state index contributed by atoms with van der Waals surface area (Å²) in [5.74, 6) is 0.414. The molecular formula is C6H12O2S. The van der Waals surface area contributed by atoms with E-state index in [0.717, 1.165) is 0 Å². The average molecular weight is 148 g/mol. The second-order valence-corrected chi connectivity index (χ2v) is 4.17. The lowest BCUT2D eigenvalue weighted by Crippen LogP contribution is -2.05. The van der Waals surface area contributed by atoms with Gasteiger partial charge < -0.3 is 0 Å². The van der Waals surface area contributed by atoms with Crippen LogP contribution in [-0.2, 0) is 9.84 Å². The van der Waals surface area contributed by atoms with Crippen molar-refractivity contribution in [3.8, 4) is 0 Å². The SMILES string of the molecule is C/C=C/CS(=O)(=O)CC. The number of allylic oxidation sites excluding steroid dienone is 1. The maximum absolute atomic E-state index is 10.7. The van der Waals surface area contributed by atoms with Gasteiger partial charge in [-0.2, -0.15) is 0 Å². The van der Waals surface area contributed by atoms with Crippen LogP contribution in [-0.4, -0.2) is 19.9 Å². The average Bonchev–Trinajstić information content (AvgIpc) is 1.84. The molecule has 0 saturated heterocycles. The number of hydrogen-bond acceptors (Lipinski definition) is 2. The highest BCUT2D eigenvalue weighted by atomic mass is 32.2. The Morgan fingerprint density at radius 1 is 1.44 bits per heavy atom. The summed E-state index contributed by atoms with van der Waals surface area (Å²) >= 11 is 0. The molecule has 0 heterocycles. The van der Waals surface area contributed by atoms with Gasteiger partial charge in [0, 0.05) is 5.75 Å². The van der Waals surface area contributed by atoms with Gasteiger partial charge in [0.25, 0.3) is 0 Å². The van der Waals surface area contributed by atoms with Gasteiger partial charge in [0.1, 0.15) is 0 Å². The zero-order chi connectivity index (χ0) is 7.33. The molecular weight excluding hydrogens is 136 g/mol. The molecule has 0 aromatic rings. The van der Waals surface area contributed by atoms with Gasteiger partial charge in [-0.3, -0.25) is 0 Å². The predicted octanol–water partition coefficient (Wildman–Crippen LogP) is 0.997. The van der Waals surface area contributed by atoms with Crippen molar-refractivity contribution in [3.63, 3.8) is 0 Å². The van der Waals surface area contributed by atoms with Gasteiger partial charge in [-0.1, -0.05) is 19.1 Å². The second-order valence-electron chi connectivity index (χ2n) is 1.77. The molecule has 54 valence electrons. The third-order valence-electron chi connectivity index (χ3n) is 1.03. The summed E-state index contributed by atoms with van der Waals surface area (Å²) in [5.41, 5.74) is 0. The van der Waals surface area contributed by atoms with Gasteiger partial charge in [-0.05, 0) is 6.92 Å². The van der Waals surface area contributed by atoms with Gasteiger partial charge in [0.15, 0.2) is 9.84 Å². The molecule has 0 fully saturated rings. The molecule has 0 aliphatic heterocycles. The number of rotatable bonds is 3. The molecule has 0 aromatic heterocycles. The number of hydrogen-bond donors (Lipinski definition) is 0. The first-order valence-electron chi connectivity index (χ1n) is 2.94. The first-order chi connectivity index (χ1) is 4.12. The van der Waals surface area contributed by atoms with Crippen LogP contribution >= 0.6 is 0 Å². The molecule has 0 aliphatic carbocycles. The van der Waals surface area contributed by atoms with Crippen molar-refractivity contribution in [3.05, 3.63) is 12.2 Å². The molecule has 0 amide bonds. The quantitative estimate of drug-likeness (QED) is 0.559. The Kier molecular flexibility index (Phi) is 3.54. The van der Waals surface area contributed by atoms with E-state index in [1.54, 1.807) is 19.1 Å². The lowest BCUT2D eigenvalue weighted by Gasteiger charge is -1.91. The summed E-state index contributed by atoms with van der Waals surface area (Å²) in [5, 5.41) is 0. The van der Waals surface area contributed by atoms with Gasteiger partial charge in [-0.15, -0.1) is 0 Å². The zero-order valence-electron chi connectivity index (χ0n) is 5.79. The molecule has 0 aromatic carbocycles. The van der Waals surface area contributed by atoms with E-state index in [0.29, 0.717) is 0 Å². The molecule has 0 spiro atoms. The van der Waals surface area contributed by atoms with E-state index in [4.69, 9.17) is 0 Å². The third-order valence-corrected chi connectivity index (χ3v) is 2.61. The molecule has 0 bridgehead atoms. The highest BCUT2D eigenvalue weighted by Gasteiger charge is 2.01. The fourth-order valence-electron chi connectivity index (χ4n) is 0.361. The van der Waals surface area contributed by atoms with E-state index in [-0.39, 0.29) is 11.5 Å². The van der Waals surface area contributed by atoms with Gasteiger partial charge in [0.05, 0.1) is 5.75 Å². The van der Waals surface area contributed by atoms with Crippen molar-refractivity contribution in [1.29, 1.82) is 0 Å². The van der Waals surface area contributed by atoms with E-state index in [9.17, 15) is 8.42 Å². The van der Waals surface area contributed by atoms with Crippen LogP contribution in [0.3, 0.4) is 0 Å². The monoisotopic (exact) mass is 148 g/mol. The Balaban J connectivity index is 3.90. The minimum Gasteiger partial charge on any atom is -0.229 e. The van der Waals surface area contributed by atoms with Crippen LogP contribution in [0, 0.1) is 0 Å². The van der Waals surface area contributed by atoms with Crippen molar-refractivity contribution in [1.82, 2.24) is 0 Å². The Morgan fingerprint density at radius 3 is 2.33 bits per heavy atom. The first-order valence-corrected chi connectivity index (χ1v) is 4.76. The molecule has 0 saturated carbocycles. The van der Waals surface area contributed by atoms with Crippen molar-refractivity contribution >= 4 is 9.84 Å². The summed E-state index contributed by atoms with van der Waals surface area (Å²) < 4.78 is 21.4. The van der Waals surface area contributed by atoms with Crippen LogP contribution in [0.4, 0.5) is 0 Å². The Hall–Kier alpha value is -0.310. The van der Waals surface area contributed by atoms with Crippen molar-refractivity contribution in [2.45, 2.75) is 13.8 Å². The maximum Gasteiger partial charge on any atom is 0.153 e. The topological polar surface area (TPSA) is 34.1 Å². The molecule has 0 N–H and O–H groups in total. The molecule has 0 aliphatic rings. The van der Waals surface area contributed by atoms with Crippen LogP contribution in [0.1, 0.15) is 13.8 Å². The normalized spacial score (nSPS) is 12.7. The van der Waals surface area contributed by atoms with Crippen molar-refractivity contribution in [2.24, 2.45) is 0 Å². The summed E-state index contributed by atoms with van der Waals surface area (Å²) in [6.07, 6.45) is 3.39. The lowest BCUT2D eigenvalue weighted by atomic mass is 10.6. The molecule has 2 nitrogen and oxygen atoms in total. The summed E-state index contributed by atoms with van der Waals surface area (Å²) in [4.78, 5) is 0. The van der Waals surface area contributed by atoms with Crippen LogP contribution < -0.4 is 0 Å². The lowest BCUT2D eigenvalue weighted by molar-refractivity contribution is 0.600. The Bertz CT molecular complexity index is 177. The van der Waals surface area contributed by atoms with Gasteiger partial charge >= 0.3 is 0 Å². The fourth-order valence-corrected chi connectivity index (χ4v) is 1.08. The molecule has 0 rings (SSSR count). The predicted molar refractivity (Wildman–Crippen MR) is 39.1 cm³/mol. The third kappa shape index (κ3) is 4.21. The minimum absolute atomic E-state index is 0.181. The van der Waals surface area contributed by atoms with E-state index < -0.39 is 9.84 Å². The van der Waals surface area contributed by atoms with Gasteiger partial charge in [0.2, 0.25) is 0 Å². The first kappa shape index (κ1) is 8.69. The largest absolute Gasteiger partial charge is 0.229 e. The molecule has 0 radical (unpaired) electrons.